The maximum absolute atomic E-state index is 11.9. The first-order chi connectivity index (χ1) is 10.3. The molecular weight excluding hydrogens is 272 g/mol. The molecule has 0 aromatic heterocycles. The summed E-state index contributed by atoms with van der Waals surface area (Å²) in [5.41, 5.74) is 1.13. The fourth-order valence-electron chi connectivity index (χ4n) is 2.44. The highest BCUT2D eigenvalue weighted by atomic mass is 16.6. The van der Waals surface area contributed by atoms with E-state index in [-0.39, 0.29) is 6.03 Å². The topological polar surface area (TPSA) is 60.0 Å². The van der Waals surface area contributed by atoms with Gasteiger partial charge in [-0.15, -0.1) is 0 Å². The molecule has 2 amide bonds. The molecule has 0 radical (unpaired) electrons. The molecule has 2 heterocycles. The average molecular weight is 292 g/mol. The number of benzene rings is 1. The van der Waals surface area contributed by atoms with Crippen LogP contribution in [-0.2, 0) is 11.2 Å². The van der Waals surface area contributed by atoms with Gasteiger partial charge in [0, 0.05) is 19.6 Å². The molecule has 1 fully saturated rings. The van der Waals surface area contributed by atoms with E-state index in [4.69, 9.17) is 14.2 Å². The normalized spacial score (nSPS) is 17.4. The number of urea groups is 1. The van der Waals surface area contributed by atoms with E-state index in [9.17, 15) is 4.79 Å². The van der Waals surface area contributed by atoms with Gasteiger partial charge in [0.1, 0.15) is 13.2 Å². The van der Waals surface area contributed by atoms with E-state index in [2.05, 4.69) is 5.32 Å². The second-order valence-corrected chi connectivity index (χ2v) is 5.06. The Kier molecular flexibility index (Phi) is 4.45. The number of carbonyl (C=O) groups is 1. The second-order valence-electron chi connectivity index (χ2n) is 5.06. The van der Waals surface area contributed by atoms with Crippen molar-refractivity contribution in [1.29, 1.82) is 0 Å². The van der Waals surface area contributed by atoms with Gasteiger partial charge in [-0.2, -0.15) is 0 Å². The van der Waals surface area contributed by atoms with Gasteiger partial charge in [0.25, 0.3) is 0 Å². The predicted octanol–water partition coefficient (Wildman–Crippen LogP) is 1.04. The molecule has 6 heteroatoms. The van der Waals surface area contributed by atoms with Crippen molar-refractivity contribution in [1.82, 2.24) is 10.2 Å². The van der Waals surface area contributed by atoms with E-state index < -0.39 is 0 Å². The molecular formula is C15H20N2O4. The Labute approximate surface area is 124 Å². The van der Waals surface area contributed by atoms with Crippen LogP contribution in [0.3, 0.4) is 0 Å². The molecule has 6 nitrogen and oxygen atoms in total. The first-order valence-electron chi connectivity index (χ1n) is 7.32. The summed E-state index contributed by atoms with van der Waals surface area (Å²) in [6.07, 6.45) is 0.771. The van der Waals surface area contributed by atoms with Gasteiger partial charge in [-0.05, 0) is 24.1 Å². The lowest BCUT2D eigenvalue weighted by molar-refractivity contribution is 0.0533. The maximum Gasteiger partial charge on any atom is 0.317 e. The molecule has 3 rings (SSSR count). The van der Waals surface area contributed by atoms with Gasteiger partial charge in [-0.3, -0.25) is 0 Å². The standard InChI is InChI=1S/C15H20N2O4/c18-15(17-5-7-19-8-6-17)16-4-3-12-1-2-13-14(11-12)21-10-9-20-13/h1-2,11H,3-10H2,(H,16,18). The molecule has 114 valence electrons. The number of nitrogens with zero attached hydrogens (tertiary/aromatic N) is 1. The van der Waals surface area contributed by atoms with Crippen molar-refractivity contribution in [3.05, 3.63) is 23.8 Å². The Hall–Kier alpha value is -1.95. The van der Waals surface area contributed by atoms with Crippen LogP contribution in [0.15, 0.2) is 18.2 Å². The van der Waals surface area contributed by atoms with Crippen LogP contribution in [0.4, 0.5) is 4.79 Å². The van der Waals surface area contributed by atoms with Crippen molar-refractivity contribution < 1.29 is 19.0 Å². The zero-order chi connectivity index (χ0) is 14.5. The van der Waals surface area contributed by atoms with Crippen LogP contribution in [-0.4, -0.2) is 57.0 Å². The fourth-order valence-corrected chi connectivity index (χ4v) is 2.44. The Bertz CT molecular complexity index is 500. The lowest BCUT2D eigenvalue weighted by atomic mass is 10.1. The van der Waals surface area contributed by atoms with Crippen LogP contribution in [0, 0.1) is 0 Å². The summed E-state index contributed by atoms with van der Waals surface area (Å²) in [6, 6.07) is 5.90. The summed E-state index contributed by atoms with van der Waals surface area (Å²) in [5, 5.41) is 2.94. The maximum atomic E-state index is 11.9. The molecule has 0 spiro atoms. The van der Waals surface area contributed by atoms with Gasteiger partial charge in [0.05, 0.1) is 13.2 Å². The van der Waals surface area contributed by atoms with E-state index >= 15 is 0 Å². The Balaban J connectivity index is 1.47. The molecule has 1 N–H and O–H groups in total. The van der Waals surface area contributed by atoms with E-state index in [1.165, 1.54) is 0 Å². The monoisotopic (exact) mass is 292 g/mol. The van der Waals surface area contributed by atoms with Gasteiger partial charge in [0.2, 0.25) is 0 Å². The van der Waals surface area contributed by atoms with Crippen molar-refractivity contribution in [3.63, 3.8) is 0 Å². The molecule has 1 aromatic rings. The second kappa shape index (κ2) is 6.67. The summed E-state index contributed by atoms with van der Waals surface area (Å²) in [4.78, 5) is 13.7. The van der Waals surface area contributed by atoms with Crippen LogP contribution in [0.25, 0.3) is 0 Å². The number of ether oxygens (including phenoxy) is 3. The zero-order valence-corrected chi connectivity index (χ0v) is 12.0. The highest BCUT2D eigenvalue weighted by Crippen LogP contribution is 2.30. The summed E-state index contributed by atoms with van der Waals surface area (Å²) < 4.78 is 16.3. The van der Waals surface area contributed by atoms with Crippen molar-refractivity contribution in [2.24, 2.45) is 0 Å². The smallest absolute Gasteiger partial charge is 0.317 e. The van der Waals surface area contributed by atoms with E-state index in [0.29, 0.717) is 46.1 Å². The van der Waals surface area contributed by atoms with Gasteiger partial charge in [-0.25, -0.2) is 4.79 Å². The van der Waals surface area contributed by atoms with Crippen LogP contribution in [0.5, 0.6) is 11.5 Å². The molecule has 0 atom stereocenters. The van der Waals surface area contributed by atoms with E-state index in [1.54, 1.807) is 4.90 Å². The third kappa shape index (κ3) is 3.58. The van der Waals surface area contributed by atoms with Crippen molar-refractivity contribution in [2.45, 2.75) is 6.42 Å². The summed E-state index contributed by atoms with van der Waals surface area (Å²) >= 11 is 0. The van der Waals surface area contributed by atoms with Gasteiger partial charge >= 0.3 is 6.03 Å². The van der Waals surface area contributed by atoms with Gasteiger partial charge < -0.3 is 24.4 Å². The molecule has 1 aromatic carbocycles. The number of nitrogens with one attached hydrogen (secondary N) is 1. The summed E-state index contributed by atoms with van der Waals surface area (Å²) in [7, 11) is 0. The number of carbonyl (C=O) groups excluding carboxylic acids is 1. The number of amides is 2. The molecule has 0 aliphatic carbocycles. The van der Waals surface area contributed by atoms with Crippen LogP contribution >= 0.6 is 0 Å². The Morgan fingerprint density at radius 3 is 2.67 bits per heavy atom. The molecule has 0 saturated carbocycles. The SMILES string of the molecule is O=C(NCCc1ccc2c(c1)OCCO2)N1CCOCC1. The first-order valence-corrected chi connectivity index (χ1v) is 7.32. The van der Waals surface area contributed by atoms with Crippen LogP contribution < -0.4 is 14.8 Å². The van der Waals surface area contributed by atoms with E-state index in [0.717, 1.165) is 23.5 Å². The highest BCUT2D eigenvalue weighted by Gasteiger charge is 2.16. The van der Waals surface area contributed by atoms with E-state index in [1.807, 2.05) is 18.2 Å². The average Bonchev–Trinajstić information content (AvgIpc) is 2.55. The molecule has 0 bridgehead atoms. The molecule has 21 heavy (non-hydrogen) atoms. The molecule has 2 aliphatic rings. The summed E-state index contributed by atoms with van der Waals surface area (Å²) in [5.74, 6) is 1.58. The number of rotatable bonds is 3. The minimum atomic E-state index is -0.0177. The van der Waals surface area contributed by atoms with Gasteiger partial charge in [0.15, 0.2) is 11.5 Å². The van der Waals surface area contributed by atoms with Gasteiger partial charge in [-0.1, -0.05) is 6.07 Å². The third-order valence-corrected chi connectivity index (χ3v) is 3.59. The van der Waals surface area contributed by atoms with Crippen molar-refractivity contribution >= 4 is 6.03 Å². The first kappa shape index (κ1) is 14.0. The zero-order valence-electron chi connectivity index (χ0n) is 12.0. The number of morpholine rings is 1. The lowest BCUT2D eigenvalue weighted by Gasteiger charge is -2.27. The predicted molar refractivity (Wildman–Crippen MR) is 76.9 cm³/mol. The molecule has 1 saturated heterocycles. The van der Waals surface area contributed by atoms with Crippen molar-refractivity contribution in [3.8, 4) is 11.5 Å². The van der Waals surface area contributed by atoms with Crippen LogP contribution in [0.1, 0.15) is 5.56 Å². The highest BCUT2D eigenvalue weighted by molar-refractivity contribution is 5.74. The van der Waals surface area contributed by atoms with Crippen molar-refractivity contribution in [2.75, 3.05) is 46.1 Å². The molecule has 0 unspecified atom stereocenters. The fraction of sp³-hybridized carbons (Fsp3) is 0.533. The number of hydrogen-bond donors (Lipinski definition) is 1. The number of fused-ring (bicyclic) bond motifs is 1. The minimum Gasteiger partial charge on any atom is -0.486 e. The minimum absolute atomic E-state index is 0.0177. The Morgan fingerprint density at radius 2 is 1.86 bits per heavy atom. The van der Waals surface area contributed by atoms with Crippen LogP contribution in [0.2, 0.25) is 0 Å². The Morgan fingerprint density at radius 1 is 1.10 bits per heavy atom. The lowest BCUT2D eigenvalue weighted by Crippen LogP contribution is -2.46. The number of hydrogen-bond acceptors (Lipinski definition) is 4. The summed E-state index contributed by atoms with van der Waals surface area (Å²) in [6.45, 7) is 4.36. The third-order valence-electron chi connectivity index (χ3n) is 3.59. The molecule has 2 aliphatic heterocycles. The largest absolute Gasteiger partial charge is 0.486 e. The quantitative estimate of drug-likeness (QED) is 0.904.